The molecule has 1 saturated heterocycles. The summed E-state index contributed by atoms with van der Waals surface area (Å²) >= 11 is 0. The molecule has 1 heterocycles. The van der Waals surface area contributed by atoms with Gasteiger partial charge in [-0.1, -0.05) is 63.2 Å². The Hall–Kier alpha value is -1.53. The first-order chi connectivity index (χ1) is 12.9. The highest BCUT2D eigenvalue weighted by Crippen LogP contribution is 2.25. The molecule has 4 nitrogen and oxygen atoms in total. The van der Waals surface area contributed by atoms with Gasteiger partial charge in [0, 0.05) is 26.2 Å². The molecule has 1 N–H and O–H groups in total. The van der Waals surface area contributed by atoms with Gasteiger partial charge in [0.1, 0.15) is 11.0 Å². The molecule has 0 aliphatic carbocycles. The van der Waals surface area contributed by atoms with E-state index in [-0.39, 0.29) is 18.1 Å². The molecule has 3 rings (SSSR count). The molecule has 1 fully saturated rings. The maximum absolute atomic E-state index is 13.1. The summed E-state index contributed by atoms with van der Waals surface area (Å²) in [7, 11) is -1.25. The lowest BCUT2D eigenvalue weighted by Gasteiger charge is -2.39. The quantitative estimate of drug-likeness (QED) is 0.858. The molecular formula is C22H30N2O2S. The van der Waals surface area contributed by atoms with Gasteiger partial charge in [0.25, 0.3) is 0 Å². The average Bonchev–Trinajstić information content (AvgIpc) is 2.67. The van der Waals surface area contributed by atoms with Crippen LogP contribution >= 0.6 is 0 Å². The summed E-state index contributed by atoms with van der Waals surface area (Å²) in [6.07, 6.45) is 0. The predicted octanol–water partition coefficient (Wildman–Crippen LogP) is 3.19. The van der Waals surface area contributed by atoms with Gasteiger partial charge in [-0.15, -0.1) is 0 Å². The topological polar surface area (TPSA) is 43.8 Å². The molecule has 1 aliphatic heterocycles. The van der Waals surface area contributed by atoms with Gasteiger partial charge in [-0.3, -0.25) is 4.90 Å². The van der Waals surface area contributed by atoms with Crippen molar-refractivity contribution in [1.82, 2.24) is 9.21 Å². The lowest BCUT2D eigenvalue weighted by Crippen LogP contribution is -2.54. The lowest BCUT2D eigenvalue weighted by molar-refractivity contribution is 0.0906. The SMILES string of the molecule is CC(C)(C)c1ccc(S(=O)N2CCN(Cc3ccccc3)CC2CO)cc1. The Bertz CT molecular complexity index is 756. The molecule has 0 amide bonds. The fourth-order valence-electron chi connectivity index (χ4n) is 3.46. The molecule has 27 heavy (non-hydrogen) atoms. The first-order valence-corrected chi connectivity index (χ1v) is 10.7. The largest absolute Gasteiger partial charge is 0.395 e. The Labute approximate surface area is 165 Å². The second kappa shape index (κ2) is 8.65. The second-order valence-corrected chi connectivity index (χ2v) is 9.66. The van der Waals surface area contributed by atoms with Crippen LogP contribution in [0, 0.1) is 0 Å². The zero-order valence-corrected chi connectivity index (χ0v) is 17.3. The van der Waals surface area contributed by atoms with Gasteiger partial charge >= 0.3 is 0 Å². The monoisotopic (exact) mass is 386 g/mol. The first-order valence-electron chi connectivity index (χ1n) is 9.54. The molecule has 1 aliphatic rings. The zero-order valence-electron chi connectivity index (χ0n) is 16.5. The molecule has 2 aromatic rings. The van der Waals surface area contributed by atoms with Crippen LogP contribution in [0.25, 0.3) is 0 Å². The van der Waals surface area contributed by atoms with Crippen LogP contribution in [0.3, 0.4) is 0 Å². The highest BCUT2D eigenvalue weighted by atomic mass is 32.2. The number of rotatable bonds is 5. The van der Waals surface area contributed by atoms with E-state index in [0.29, 0.717) is 6.54 Å². The van der Waals surface area contributed by atoms with Crippen LogP contribution in [0.15, 0.2) is 59.5 Å². The second-order valence-electron chi connectivity index (χ2n) is 8.22. The summed E-state index contributed by atoms with van der Waals surface area (Å²) in [5.74, 6) is 0. The number of nitrogens with zero attached hydrogens (tertiary/aromatic N) is 2. The van der Waals surface area contributed by atoms with Crippen LogP contribution in [0.5, 0.6) is 0 Å². The van der Waals surface area contributed by atoms with Crippen LogP contribution in [0.2, 0.25) is 0 Å². The zero-order chi connectivity index (χ0) is 19.4. The Kier molecular flexibility index (Phi) is 6.48. The lowest BCUT2D eigenvalue weighted by atomic mass is 9.87. The highest BCUT2D eigenvalue weighted by Gasteiger charge is 2.31. The van der Waals surface area contributed by atoms with Gasteiger partial charge < -0.3 is 5.11 Å². The Morgan fingerprint density at radius 2 is 1.70 bits per heavy atom. The van der Waals surface area contributed by atoms with Crippen LogP contribution in [0.4, 0.5) is 0 Å². The molecule has 0 radical (unpaired) electrons. The third-order valence-electron chi connectivity index (χ3n) is 5.11. The number of hydrogen-bond donors (Lipinski definition) is 1. The van der Waals surface area contributed by atoms with Crippen molar-refractivity contribution >= 4 is 11.0 Å². The molecule has 5 heteroatoms. The molecular weight excluding hydrogens is 356 g/mol. The summed E-state index contributed by atoms with van der Waals surface area (Å²) in [6.45, 7) is 9.64. The van der Waals surface area contributed by atoms with Crippen LogP contribution in [0.1, 0.15) is 31.9 Å². The number of piperazine rings is 1. The normalized spacial score (nSPS) is 20.5. The summed E-state index contributed by atoms with van der Waals surface area (Å²) in [6, 6.07) is 18.3. The summed E-state index contributed by atoms with van der Waals surface area (Å²) < 4.78 is 15.0. The molecule has 2 atom stereocenters. The number of aliphatic hydroxyl groups excluding tert-OH is 1. The van der Waals surface area contributed by atoms with Crippen molar-refractivity contribution in [3.63, 3.8) is 0 Å². The van der Waals surface area contributed by atoms with Gasteiger partial charge in [-0.2, -0.15) is 0 Å². The third-order valence-corrected chi connectivity index (χ3v) is 6.69. The van der Waals surface area contributed by atoms with E-state index < -0.39 is 11.0 Å². The van der Waals surface area contributed by atoms with Gasteiger partial charge in [-0.05, 0) is 28.7 Å². The van der Waals surface area contributed by atoms with Gasteiger partial charge in [-0.25, -0.2) is 8.51 Å². The molecule has 2 unspecified atom stereocenters. The fraction of sp³-hybridized carbons (Fsp3) is 0.455. The Morgan fingerprint density at radius 3 is 2.30 bits per heavy atom. The van der Waals surface area contributed by atoms with Crippen molar-refractivity contribution in [1.29, 1.82) is 0 Å². The first kappa shape index (κ1) is 20.2. The third kappa shape index (κ3) is 5.05. The number of aliphatic hydroxyl groups is 1. The Balaban J connectivity index is 1.67. The summed E-state index contributed by atoms with van der Waals surface area (Å²) in [5, 5.41) is 9.89. The van der Waals surface area contributed by atoms with Crippen molar-refractivity contribution in [2.24, 2.45) is 0 Å². The van der Waals surface area contributed by atoms with E-state index in [1.807, 2.05) is 34.6 Å². The van der Waals surface area contributed by atoms with Crippen molar-refractivity contribution in [2.45, 2.75) is 43.7 Å². The maximum Gasteiger partial charge on any atom is 0.128 e. The summed E-state index contributed by atoms with van der Waals surface area (Å²) in [5.41, 5.74) is 2.58. The van der Waals surface area contributed by atoms with Crippen molar-refractivity contribution in [3.05, 3.63) is 65.7 Å². The van der Waals surface area contributed by atoms with E-state index in [2.05, 4.69) is 49.9 Å². The minimum absolute atomic E-state index is 0.0110. The Morgan fingerprint density at radius 1 is 1.04 bits per heavy atom. The van der Waals surface area contributed by atoms with Crippen molar-refractivity contribution < 1.29 is 9.32 Å². The fourth-order valence-corrected chi connectivity index (χ4v) is 4.75. The van der Waals surface area contributed by atoms with Crippen molar-refractivity contribution in [2.75, 3.05) is 26.2 Å². The average molecular weight is 387 g/mol. The number of hydrogen-bond acceptors (Lipinski definition) is 3. The molecule has 0 aromatic heterocycles. The van der Waals surface area contributed by atoms with Crippen LogP contribution in [-0.4, -0.2) is 50.8 Å². The molecule has 0 saturated carbocycles. The molecule has 0 spiro atoms. The predicted molar refractivity (Wildman–Crippen MR) is 111 cm³/mol. The minimum atomic E-state index is -1.25. The number of benzene rings is 2. The van der Waals surface area contributed by atoms with E-state index in [4.69, 9.17) is 0 Å². The van der Waals surface area contributed by atoms with Gasteiger partial charge in [0.05, 0.1) is 17.5 Å². The van der Waals surface area contributed by atoms with Crippen LogP contribution < -0.4 is 0 Å². The minimum Gasteiger partial charge on any atom is -0.395 e. The maximum atomic E-state index is 13.1. The van der Waals surface area contributed by atoms with Gasteiger partial charge in [0.15, 0.2) is 0 Å². The van der Waals surface area contributed by atoms with E-state index in [1.165, 1.54) is 11.1 Å². The van der Waals surface area contributed by atoms with E-state index >= 15 is 0 Å². The molecule has 2 aromatic carbocycles. The van der Waals surface area contributed by atoms with Gasteiger partial charge in [0.2, 0.25) is 0 Å². The van der Waals surface area contributed by atoms with Crippen LogP contribution in [-0.2, 0) is 22.9 Å². The molecule has 0 bridgehead atoms. The van der Waals surface area contributed by atoms with Crippen molar-refractivity contribution in [3.8, 4) is 0 Å². The van der Waals surface area contributed by atoms with E-state index in [0.717, 1.165) is 24.5 Å². The standard InChI is InChI=1S/C22H30N2O2S/c1-22(2,3)19-9-11-21(12-10-19)27(26)24-14-13-23(16-20(24)17-25)15-18-7-5-4-6-8-18/h4-12,20,25H,13-17H2,1-3H3. The summed E-state index contributed by atoms with van der Waals surface area (Å²) in [4.78, 5) is 3.13. The van der Waals surface area contributed by atoms with E-state index in [1.54, 1.807) is 0 Å². The van der Waals surface area contributed by atoms with E-state index in [9.17, 15) is 9.32 Å². The highest BCUT2D eigenvalue weighted by molar-refractivity contribution is 7.82. The smallest absolute Gasteiger partial charge is 0.128 e. The molecule has 146 valence electrons.